The molecule has 1 fully saturated rings. The van der Waals surface area contributed by atoms with Crippen molar-refractivity contribution in [1.29, 1.82) is 0 Å². The first-order valence-electron chi connectivity index (χ1n) is 6.18. The van der Waals surface area contributed by atoms with Gasteiger partial charge >= 0.3 is 0 Å². The van der Waals surface area contributed by atoms with Gasteiger partial charge in [0.1, 0.15) is 0 Å². The Balaban J connectivity index is 2.52. The van der Waals surface area contributed by atoms with E-state index in [1.54, 1.807) is 0 Å². The zero-order valence-corrected chi connectivity index (χ0v) is 11.1. The Morgan fingerprint density at radius 3 is 2.75 bits per heavy atom. The molecule has 0 radical (unpaired) electrons. The number of carbonyl (C=O) groups excluding carboxylic acids is 1. The molecule has 0 bridgehead atoms. The average molecular weight is 242 g/mol. The van der Waals surface area contributed by atoms with Crippen molar-refractivity contribution < 1.29 is 4.79 Å². The summed E-state index contributed by atoms with van der Waals surface area (Å²) in [4.78, 5) is 14.4. The molecular weight excluding hydrogens is 220 g/mol. The van der Waals surface area contributed by atoms with Crippen molar-refractivity contribution in [3.05, 3.63) is 0 Å². The van der Waals surface area contributed by atoms with Crippen LogP contribution in [0.5, 0.6) is 0 Å². The van der Waals surface area contributed by atoms with Gasteiger partial charge in [-0.2, -0.15) is 0 Å². The van der Waals surface area contributed by atoms with Crippen molar-refractivity contribution in [3.8, 4) is 0 Å². The average Bonchev–Trinajstić information content (AvgIpc) is 2.67. The van der Waals surface area contributed by atoms with Gasteiger partial charge in [-0.3, -0.25) is 4.79 Å². The quantitative estimate of drug-likeness (QED) is 0.750. The summed E-state index contributed by atoms with van der Waals surface area (Å²) in [5.74, 6) is 0.557. The molecule has 0 aromatic rings. The van der Waals surface area contributed by atoms with E-state index in [-0.39, 0.29) is 11.8 Å². The van der Waals surface area contributed by atoms with Gasteiger partial charge < -0.3 is 10.6 Å². The summed E-state index contributed by atoms with van der Waals surface area (Å²) in [6.45, 7) is 5.92. The minimum Gasteiger partial charge on any atom is -0.393 e. The fourth-order valence-electron chi connectivity index (χ4n) is 2.39. The zero-order valence-electron chi connectivity index (χ0n) is 10.2. The van der Waals surface area contributed by atoms with Crippen molar-refractivity contribution in [3.63, 3.8) is 0 Å². The van der Waals surface area contributed by atoms with Crippen LogP contribution in [0.1, 0.15) is 39.5 Å². The van der Waals surface area contributed by atoms with Gasteiger partial charge in [-0.25, -0.2) is 0 Å². The Bertz CT molecular complexity index is 268. The van der Waals surface area contributed by atoms with Crippen LogP contribution >= 0.6 is 12.2 Å². The highest BCUT2D eigenvalue weighted by molar-refractivity contribution is 7.80. The van der Waals surface area contributed by atoms with Gasteiger partial charge in [-0.1, -0.05) is 32.5 Å². The molecule has 1 aliphatic heterocycles. The third kappa shape index (κ3) is 3.17. The predicted octanol–water partition coefficient (Wildman–Crippen LogP) is 1.95. The summed E-state index contributed by atoms with van der Waals surface area (Å²) in [5.41, 5.74) is 5.59. The largest absolute Gasteiger partial charge is 0.393 e. The van der Waals surface area contributed by atoms with Gasteiger partial charge in [-0.15, -0.1) is 0 Å². The van der Waals surface area contributed by atoms with E-state index in [2.05, 4.69) is 6.92 Å². The number of likely N-dealkylation sites (tertiary alicyclic amines) is 1. The lowest BCUT2D eigenvalue weighted by Crippen LogP contribution is -2.39. The molecule has 4 heteroatoms. The van der Waals surface area contributed by atoms with E-state index in [1.807, 2.05) is 11.8 Å². The lowest BCUT2D eigenvalue weighted by atomic mass is 10.0. The highest BCUT2D eigenvalue weighted by atomic mass is 32.1. The summed E-state index contributed by atoms with van der Waals surface area (Å²) in [6, 6.07) is 0. The van der Waals surface area contributed by atoms with Crippen molar-refractivity contribution in [2.75, 3.05) is 13.1 Å². The minimum absolute atomic E-state index is 0.133. The van der Waals surface area contributed by atoms with E-state index >= 15 is 0 Å². The molecule has 2 unspecified atom stereocenters. The summed E-state index contributed by atoms with van der Waals surface area (Å²) in [7, 11) is 0. The van der Waals surface area contributed by atoms with E-state index in [1.165, 1.54) is 12.8 Å². The normalized spacial score (nSPS) is 22.1. The van der Waals surface area contributed by atoms with Crippen LogP contribution < -0.4 is 5.73 Å². The fourth-order valence-corrected chi connectivity index (χ4v) is 2.66. The van der Waals surface area contributed by atoms with Crippen molar-refractivity contribution in [2.24, 2.45) is 17.6 Å². The molecule has 1 saturated heterocycles. The maximum Gasteiger partial charge on any atom is 0.232 e. The Hall–Kier alpha value is -0.640. The molecule has 0 aromatic carbocycles. The number of hydrogen-bond acceptors (Lipinski definition) is 2. The molecular formula is C12H22N2OS. The Morgan fingerprint density at radius 1 is 1.56 bits per heavy atom. The molecule has 0 aromatic heterocycles. The number of nitrogens with zero attached hydrogens (tertiary/aromatic N) is 1. The van der Waals surface area contributed by atoms with Gasteiger partial charge in [0.15, 0.2) is 0 Å². The Morgan fingerprint density at radius 2 is 2.25 bits per heavy atom. The van der Waals surface area contributed by atoms with Crippen LogP contribution in [0.4, 0.5) is 0 Å². The topological polar surface area (TPSA) is 46.3 Å². The molecule has 16 heavy (non-hydrogen) atoms. The smallest absolute Gasteiger partial charge is 0.232 e. The molecule has 2 atom stereocenters. The Kier molecular flexibility index (Phi) is 5.19. The molecule has 3 nitrogen and oxygen atoms in total. The molecule has 1 amide bonds. The molecule has 0 saturated carbocycles. The summed E-state index contributed by atoms with van der Waals surface area (Å²) >= 11 is 4.94. The lowest BCUT2D eigenvalue weighted by Gasteiger charge is -2.22. The van der Waals surface area contributed by atoms with Crippen LogP contribution in [-0.4, -0.2) is 28.9 Å². The minimum atomic E-state index is -0.254. The third-order valence-electron chi connectivity index (χ3n) is 3.34. The molecule has 0 spiro atoms. The monoisotopic (exact) mass is 242 g/mol. The molecule has 1 heterocycles. The van der Waals surface area contributed by atoms with Crippen molar-refractivity contribution >= 4 is 23.1 Å². The zero-order chi connectivity index (χ0) is 12.1. The highest BCUT2D eigenvalue weighted by Crippen LogP contribution is 2.23. The van der Waals surface area contributed by atoms with Gasteiger partial charge in [0.2, 0.25) is 5.91 Å². The number of amides is 1. The van der Waals surface area contributed by atoms with Gasteiger partial charge in [0.25, 0.3) is 0 Å². The molecule has 0 aliphatic carbocycles. The van der Waals surface area contributed by atoms with Crippen LogP contribution in [0.3, 0.4) is 0 Å². The number of carbonyl (C=O) groups is 1. The standard InChI is InChI=1S/C12H22N2OS/c1-3-5-9-6-7-14(8-9)12(15)10(4-2)11(13)16/h9-10H,3-8H2,1-2H3,(H2,13,16). The number of nitrogens with two attached hydrogens (primary N) is 1. The maximum absolute atomic E-state index is 12.1. The highest BCUT2D eigenvalue weighted by Gasteiger charge is 2.30. The summed E-state index contributed by atoms with van der Waals surface area (Å²) in [6.07, 6.45) is 4.25. The second-order valence-corrected chi connectivity index (χ2v) is 5.06. The van der Waals surface area contributed by atoms with E-state index in [0.29, 0.717) is 17.3 Å². The van der Waals surface area contributed by atoms with Crippen LogP contribution in [0.15, 0.2) is 0 Å². The Labute approximate surface area is 103 Å². The fraction of sp³-hybridized carbons (Fsp3) is 0.833. The molecule has 92 valence electrons. The number of thiocarbonyl (C=S) groups is 1. The van der Waals surface area contributed by atoms with E-state index in [0.717, 1.165) is 19.5 Å². The second-order valence-electron chi connectivity index (χ2n) is 4.59. The number of hydrogen-bond donors (Lipinski definition) is 1. The first-order chi connectivity index (χ1) is 7.60. The maximum atomic E-state index is 12.1. The lowest BCUT2D eigenvalue weighted by molar-refractivity contribution is -0.132. The molecule has 2 N–H and O–H groups in total. The van der Waals surface area contributed by atoms with Gasteiger partial charge in [-0.05, 0) is 25.2 Å². The van der Waals surface area contributed by atoms with Crippen molar-refractivity contribution in [2.45, 2.75) is 39.5 Å². The van der Waals surface area contributed by atoms with Crippen molar-refractivity contribution in [1.82, 2.24) is 4.90 Å². The van der Waals surface area contributed by atoms with Gasteiger partial charge in [0, 0.05) is 13.1 Å². The first-order valence-corrected chi connectivity index (χ1v) is 6.59. The SMILES string of the molecule is CCCC1CCN(C(=O)C(CC)C(N)=S)C1. The number of rotatable bonds is 5. The molecule has 1 rings (SSSR count). The predicted molar refractivity (Wildman–Crippen MR) is 70.2 cm³/mol. The third-order valence-corrected chi connectivity index (χ3v) is 3.63. The van der Waals surface area contributed by atoms with Crippen LogP contribution in [0.25, 0.3) is 0 Å². The van der Waals surface area contributed by atoms with Gasteiger partial charge in [0.05, 0.1) is 10.9 Å². The first kappa shape index (κ1) is 13.4. The van der Waals surface area contributed by atoms with E-state index in [4.69, 9.17) is 18.0 Å². The van der Waals surface area contributed by atoms with Crippen LogP contribution in [0.2, 0.25) is 0 Å². The molecule has 1 aliphatic rings. The van der Waals surface area contributed by atoms with E-state index in [9.17, 15) is 4.79 Å². The van der Waals surface area contributed by atoms with Crippen LogP contribution in [-0.2, 0) is 4.79 Å². The summed E-state index contributed by atoms with van der Waals surface area (Å²) < 4.78 is 0. The van der Waals surface area contributed by atoms with Crippen LogP contribution in [0, 0.1) is 11.8 Å². The second kappa shape index (κ2) is 6.18. The van der Waals surface area contributed by atoms with E-state index < -0.39 is 0 Å². The summed E-state index contributed by atoms with van der Waals surface area (Å²) in [5, 5.41) is 0.